The van der Waals surface area contributed by atoms with Gasteiger partial charge < -0.3 is 14.5 Å². The van der Waals surface area contributed by atoms with Crippen LogP contribution in [0.25, 0.3) is 0 Å². The molecule has 0 spiro atoms. The first-order chi connectivity index (χ1) is 13.7. The molecular weight excluding hydrogens is 355 g/mol. The number of ketones is 1. The Hall–Kier alpha value is -2.40. The van der Waals surface area contributed by atoms with E-state index in [0.717, 1.165) is 51.4 Å². The topological polar surface area (TPSA) is 32.8 Å². The number of hydrogen-bond acceptors (Lipinski definition) is 4. The number of likely N-dealkylation sites (tertiary alicyclic amines) is 1. The minimum atomic E-state index is -0.303. The van der Waals surface area contributed by atoms with Crippen LogP contribution in [0.1, 0.15) is 41.1 Å². The second kappa shape index (κ2) is 7.21. The van der Waals surface area contributed by atoms with Gasteiger partial charge in [0.1, 0.15) is 18.2 Å². The number of benzene rings is 2. The molecule has 3 aliphatic heterocycles. The lowest BCUT2D eigenvalue weighted by Gasteiger charge is -2.40. The Kier molecular flexibility index (Phi) is 4.55. The van der Waals surface area contributed by atoms with E-state index in [4.69, 9.17) is 4.74 Å². The largest absolute Gasteiger partial charge is 0.490 e. The van der Waals surface area contributed by atoms with Crippen molar-refractivity contribution in [3.8, 4) is 5.75 Å². The molecule has 2 aromatic rings. The van der Waals surface area contributed by atoms with Gasteiger partial charge in [0.15, 0.2) is 5.78 Å². The van der Waals surface area contributed by atoms with Crippen molar-refractivity contribution in [2.45, 2.75) is 31.2 Å². The second-order valence-corrected chi connectivity index (χ2v) is 8.03. The van der Waals surface area contributed by atoms with Gasteiger partial charge in [0.05, 0.1) is 12.2 Å². The summed E-state index contributed by atoms with van der Waals surface area (Å²) in [6.07, 6.45) is 2.51. The van der Waals surface area contributed by atoms with Gasteiger partial charge in [0, 0.05) is 37.0 Å². The predicted molar refractivity (Wildman–Crippen MR) is 107 cm³/mol. The normalized spacial score (nSPS) is 23.1. The monoisotopic (exact) mass is 380 g/mol. The van der Waals surface area contributed by atoms with Crippen LogP contribution < -0.4 is 9.64 Å². The van der Waals surface area contributed by atoms with Gasteiger partial charge >= 0.3 is 0 Å². The fourth-order valence-electron chi connectivity index (χ4n) is 5.09. The highest BCUT2D eigenvalue weighted by Gasteiger charge is 2.44. The average molecular weight is 380 g/mol. The summed E-state index contributed by atoms with van der Waals surface area (Å²) in [5.41, 5.74) is 3.35. The molecule has 3 aliphatic rings. The summed E-state index contributed by atoms with van der Waals surface area (Å²) < 4.78 is 18.9. The molecule has 2 atom stereocenters. The molecule has 0 bridgehead atoms. The molecule has 146 valence electrons. The van der Waals surface area contributed by atoms with E-state index in [-0.39, 0.29) is 11.6 Å². The Bertz CT molecular complexity index is 883. The van der Waals surface area contributed by atoms with Gasteiger partial charge in [-0.05, 0) is 55.3 Å². The van der Waals surface area contributed by atoms with E-state index < -0.39 is 0 Å². The summed E-state index contributed by atoms with van der Waals surface area (Å²) in [6.45, 7) is 4.81. The first-order valence-electron chi connectivity index (χ1n) is 10.2. The van der Waals surface area contributed by atoms with E-state index in [1.807, 2.05) is 0 Å². The van der Waals surface area contributed by atoms with E-state index in [0.29, 0.717) is 23.9 Å². The molecule has 1 saturated heterocycles. The molecule has 3 heterocycles. The van der Waals surface area contributed by atoms with Crippen molar-refractivity contribution in [3.05, 3.63) is 59.4 Å². The molecule has 28 heavy (non-hydrogen) atoms. The fourth-order valence-corrected chi connectivity index (χ4v) is 5.09. The van der Waals surface area contributed by atoms with Gasteiger partial charge in [-0.25, -0.2) is 4.39 Å². The summed E-state index contributed by atoms with van der Waals surface area (Å²) in [5.74, 6) is 1.36. The van der Waals surface area contributed by atoms with E-state index >= 15 is 0 Å². The number of fused-ring (bicyclic) bond motifs is 3. The number of carbonyl (C=O) groups excluding carboxylic acids is 1. The molecule has 0 aromatic heterocycles. The molecule has 2 aromatic carbocycles. The Balaban J connectivity index is 1.20. The number of ether oxygens (including phenoxy) is 1. The molecule has 1 unspecified atom stereocenters. The summed E-state index contributed by atoms with van der Waals surface area (Å²) in [7, 11) is 0. The van der Waals surface area contributed by atoms with Crippen LogP contribution in [0.3, 0.4) is 0 Å². The Morgan fingerprint density at radius 2 is 2.00 bits per heavy atom. The summed E-state index contributed by atoms with van der Waals surface area (Å²) in [5, 5.41) is 0. The minimum absolute atomic E-state index is 0.0972. The zero-order chi connectivity index (χ0) is 19.1. The lowest BCUT2D eigenvalue weighted by Crippen LogP contribution is -2.48. The Morgan fingerprint density at radius 1 is 1.14 bits per heavy atom. The van der Waals surface area contributed by atoms with Crippen LogP contribution >= 0.6 is 0 Å². The standard InChI is InChI=1S/C23H25FN2O2/c24-17-8-6-16(7-9-17)21(27)4-2-11-25-12-10-20-19(15-25)18-3-1-5-22-23(18)26(20)13-14-28-22/h1,3,5-9,19-20H,2,4,10-15H2/t19-,20?/m0/s1. The van der Waals surface area contributed by atoms with E-state index in [1.54, 1.807) is 12.1 Å². The molecule has 5 rings (SSSR count). The first kappa shape index (κ1) is 17.7. The number of nitrogens with zero attached hydrogens (tertiary/aromatic N) is 2. The molecule has 0 amide bonds. The van der Waals surface area contributed by atoms with Crippen LogP contribution in [0.2, 0.25) is 0 Å². The van der Waals surface area contributed by atoms with Crippen molar-refractivity contribution < 1.29 is 13.9 Å². The lowest BCUT2D eigenvalue weighted by molar-refractivity contribution is 0.0971. The highest BCUT2D eigenvalue weighted by Crippen LogP contribution is 2.50. The van der Waals surface area contributed by atoms with Gasteiger partial charge in [0.25, 0.3) is 0 Å². The van der Waals surface area contributed by atoms with E-state index in [2.05, 4.69) is 28.0 Å². The fraction of sp³-hybridized carbons (Fsp3) is 0.435. The van der Waals surface area contributed by atoms with Crippen molar-refractivity contribution in [1.29, 1.82) is 0 Å². The SMILES string of the molecule is O=C(CCCN1CCC2[C@@H](C1)c1cccc3c1N2CCO3)c1ccc(F)cc1. The number of para-hydroxylation sites is 1. The van der Waals surface area contributed by atoms with Gasteiger partial charge in [-0.2, -0.15) is 0 Å². The number of anilines is 1. The van der Waals surface area contributed by atoms with Crippen LogP contribution in [0, 0.1) is 5.82 Å². The van der Waals surface area contributed by atoms with Crippen molar-refractivity contribution in [1.82, 2.24) is 4.90 Å². The summed E-state index contributed by atoms with van der Waals surface area (Å²) in [4.78, 5) is 17.4. The van der Waals surface area contributed by atoms with Gasteiger partial charge in [-0.1, -0.05) is 12.1 Å². The lowest BCUT2D eigenvalue weighted by atomic mass is 9.89. The van der Waals surface area contributed by atoms with E-state index in [9.17, 15) is 9.18 Å². The van der Waals surface area contributed by atoms with Gasteiger partial charge in [-0.15, -0.1) is 0 Å². The Labute approximate surface area is 164 Å². The molecular formula is C23H25FN2O2. The first-order valence-corrected chi connectivity index (χ1v) is 10.2. The molecule has 0 radical (unpaired) electrons. The van der Waals surface area contributed by atoms with Gasteiger partial charge in [0.2, 0.25) is 0 Å². The maximum atomic E-state index is 13.0. The Morgan fingerprint density at radius 3 is 2.86 bits per heavy atom. The molecule has 0 saturated carbocycles. The quantitative estimate of drug-likeness (QED) is 0.738. The highest BCUT2D eigenvalue weighted by molar-refractivity contribution is 5.95. The van der Waals surface area contributed by atoms with Crippen LogP contribution in [-0.4, -0.2) is 49.5 Å². The van der Waals surface area contributed by atoms with Crippen LogP contribution in [0.15, 0.2) is 42.5 Å². The van der Waals surface area contributed by atoms with Crippen molar-refractivity contribution in [2.75, 3.05) is 37.7 Å². The minimum Gasteiger partial charge on any atom is -0.490 e. The number of rotatable bonds is 5. The van der Waals surface area contributed by atoms with Crippen molar-refractivity contribution in [3.63, 3.8) is 0 Å². The number of piperidine rings is 1. The predicted octanol–water partition coefficient (Wildman–Crippen LogP) is 3.86. The zero-order valence-corrected chi connectivity index (χ0v) is 15.9. The van der Waals surface area contributed by atoms with Gasteiger partial charge in [-0.3, -0.25) is 4.79 Å². The number of halogens is 1. The molecule has 0 aliphatic carbocycles. The summed E-state index contributed by atoms with van der Waals surface area (Å²) >= 11 is 0. The maximum absolute atomic E-state index is 13.0. The third kappa shape index (κ3) is 3.08. The smallest absolute Gasteiger partial charge is 0.162 e. The zero-order valence-electron chi connectivity index (χ0n) is 15.9. The van der Waals surface area contributed by atoms with Crippen LogP contribution in [0.4, 0.5) is 10.1 Å². The molecule has 1 fully saturated rings. The summed E-state index contributed by atoms with van der Waals surface area (Å²) in [6, 6.07) is 12.9. The van der Waals surface area contributed by atoms with Crippen molar-refractivity contribution >= 4 is 11.5 Å². The third-order valence-electron chi connectivity index (χ3n) is 6.41. The second-order valence-electron chi connectivity index (χ2n) is 8.03. The molecule has 5 heteroatoms. The van der Waals surface area contributed by atoms with Crippen LogP contribution in [-0.2, 0) is 0 Å². The average Bonchev–Trinajstić information content (AvgIpc) is 3.04. The van der Waals surface area contributed by atoms with Crippen LogP contribution in [0.5, 0.6) is 5.75 Å². The van der Waals surface area contributed by atoms with Crippen molar-refractivity contribution in [2.24, 2.45) is 0 Å². The number of Topliss-reactive ketones (excluding diaryl/α,β-unsaturated/α-hetero) is 1. The molecule has 4 nitrogen and oxygen atoms in total. The number of carbonyl (C=O) groups is 1. The maximum Gasteiger partial charge on any atom is 0.162 e. The molecule has 0 N–H and O–H groups in total. The van der Waals surface area contributed by atoms with E-state index in [1.165, 1.54) is 23.4 Å². The highest BCUT2D eigenvalue weighted by atomic mass is 19.1. The third-order valence-corrected chi connectivity index (χ3v) is 6.41. The number of hydrogen-bond donors (Lipinski definition) is 0.